The first kappa shape index (κ1) is 11.9. The molecule has 1 fully saturated rings. The Hall–Kier alpha value is -0.180. The van der Waals surface area contributed by atoms with Gasteiger partial charge in [0.05, 0.1) is 5.60 Å². The van der Waals surface area contributed by atoms with Gasteiger partial charge in [-0.2, -0.15) is 0 Å². The van der Waals surface area contributed by atoms with E-state index in [1.165, 1.54) is 0 Å². The number of hydrogen-bond acceptors (Lipinski definition) is 1. The lowest BCUT2D eigenvalue weighted by Gasteiger charge is -2.47. The topological polar surface area (TPSA) is 20.2 Å². The first-order valence-corrected chi connectivity index (χ1v) is 5.15. The molecule has 0 amide bonds. The van der Waals surface area contributed by atoms with E-state index in [0.717, 1.165) is 0 Å². The first-order chi connectivity index (χ1) is 6.05. The summed E-state index contributed by atoms with van der Waals surface area (Å²) in [5.74, 6) is -2.93. The highest BCUT2D eigenvalue weighted by atomic mass is 19.3. The summed E-state index contributed by atoms with van der Waals surface area (Å²) in [5, 5.41) is 10.1. The lowest BCUT2D eigenvalue weighted by Crippen LogP contribution is -2.49. The quantitative estimate of drug-likeness (QED) is 0.645. The molecule has 0 unspecified atom stereocenters. The number of rotatable bonds is 0. The van der Waals surface area contributed by atoms with Crippen molar-refractivity contribution in [3.63, 3.8) is 0 Å². The molecular formula is C11H20F2O. The molecule has 1 saturated carbocycles. The van der Waals surface area contributed by atoms with Crippen LogP contribution in [-0.2, 0) is 0 Å². The summed E-state index contributed by atoms with van der Waals surface area (Å²) < 4.78 is 26.4. The average Bonchev–Trinajstić information content (AvgIpc) is 1.93. The van der Waals surface area contributed by atoms with E-state index in [4.69, 9.17) is 0 Å². The molecule has 14 heavy (non-hydrogen) atoms. The highest BCUT2D eigenvalue weighted by Crippen LogP contribution is 2.49. The Bertz CT molecular complexity index is 216. The van der Waals surface area contributed by atoms with Gasteiger partial charge in [-0.3, -0.25) is 0 Å². The second-order valence-electron chi connectivity index (χ2n) is 5.84. The predicted octanol–water partition coefficient (Wildman–Crippen LogP) is 3.22. The van der Waals surface area contributed by atoms with Gasteiger partial charge in [0, 0.05) is 12.8 Å². The van der Waals surface area contributed by atoms with E-state index in [2.05, 4.69) is 0 Å². The van der Waals surface area contributed by atoms with Crippen molar-refractivity contribution in [3.05, 3.63) is 0 Å². The van der Waals surface area contributed by atoms with Crippen LogP contribution in [0.2, 0.25) is 0 Å². The van der Waals surface area contributed by atoms with Crippen molar-refractivity contribution < 1.29 is 13.9 Å². The summed E-state index contributed by atoms with van der Waals surface area (Å²) in [6.07, 6.45) is -0.183. The predicted molar refractivity (Wildman–Crippen MR) is 52.4 cm³/mol. The third-order valence-electron chi connectivity index (χ3n) is 3.30. The molecule has 0 aromatic carbocycles. The van der Waals surface area contributed by atoms with Crippen LogP contribution in [0.4, 0.5) is 8.78 Å². The normalized spacial score (nSPS) is 38.4. The SMILES string of the molecule is CC(C)(C)[C@@H]1CC(F)(F)CC[C@]1(C)O. The number of aliphatic hydroxyl groups is 1. The third-order valence-corrected chi connectivity index (χ3v) is 3.30. The van der Waals surface area contributed by atoms with E-state index in [-0.39, 0.29) is 30.6 Å². The summed E-state index contributed by atoms with van der Waals surface area (Å²) in [6, 6.07) is 0. The van der Waals surface area contributed by atoms with Crippen LogP contribution in [0, 0.1) is 11.3 Å². The van der Waals surface area contributed by atoms with Crippen molar-refractivity contribution in [1.82, 2.24) is 0 Å². The fraction of sp³-hybridized carbons (Fsp3) is 1.00. The smallest absolute Gasteiger partial charge is 0.248 e. The van der Waals surface area contributed by atoms with Crippen molar-refractivity contribution in [2.75, 3.05) is 0 Å². The van der Waals surface area contributed by atoms with Gasteiger partial charge >= 0.3 is 0 Å². The van der Waals surface area contributed by atoms with Gasteiger partial charge < -0.3 is 5.11 Å². The molecule has 0 radical (unpaired) electrons. The van der Waals surface area contributed by atoms with Crippen molar-refractivity contribution in [2.24, 2.45) is 11.3 Å². The van der Waals surface area contributed by atoms with Gasteiger partial charge in [-0.1, -0.05) is 20.8 Å². The fourth-order valence-corrected chi connectivity index (χ4v) is 2.47. The van der Waals surface area contributed by atoms with Crippen molar-refractivity contribution in [3.8, 4) is 0 Å². The maximum absolute atomic E-state index is 13.2. The Kier molecular flexibility index (Phi) is 2.68. The second kappa shape index (κ2) is 3.16. The van der Waals surface area contributed by atoms with Gasteiger partial charge in [-0.15, -0.1) is 0 Å². The Morgan fingerprint density at radius 3 is 2.07 bits per heavy atom. The molecule has 0 aromatic rings. The van der Waals surface area contributed by atoms with Crippen LogP contribution in [-0.4, -0.2) is 16.6 Å². The van der Waals surface area contributed by atoms with Crippen molar-refractivity contribution in [2.45, 2.75) is 58.5 Å². The minimum atomic E-state index is -2.60. The third kappa shape index (κ3) is 2.44. The zero-order valence-corrected chi connectivity index (χ0v) is 9.40. The standard InChI is InChI=1S/C11H20F2O/c1-9(2,3)8-7-11(12,13)6-5-10(8,4)14/h8,14H,5-7H2,1-4H3/t8-,10-/m0/s1. The minimum absolute atomic E-state index is 0.188. The van der Waals surface area contributed by atoms with Crippen LogP contribution in [0.25, 0.3) is 0 Å². The molecule has 84 valence electrons. The Morgan fingerprint density at radius 2 is 1.71 bits per heavy atom. The fourth-order valence-electron chi connectivity index (χ4n) is 2.47. The minimum Gasteiger partial charge on any atom is -0.390 e. The largest absolute Gasteiger partial charge is 0.390 e. The molecule has 1 nitrogen and oxygen atoms in total. The molecule has 1 N–H and O–H groups in total. The van der Waals surface area contributed by atoms with Crippen LogP contribution < -0.4 is 0 Å². The number of hydrogen-bond donors (Lipinski definition) is 1. The van der Waals surface area contributed by atoms with E-state index < -0.39 is 11.5 Å². The molecule has 3 heteroatoms. The summed E-state index contributed by atoms with van der Waals surface area (Å²) in [4.78, 5) is 0. The zero-order chi connectivity index (χ0) is 11.2. The van der Waals surface area contributed by atoms with Crippen LogP contribution in [0.1, 0.15) is 47.0 Å². The second-order valence-corrected chi connectivity index (χ2v) is 5.84. The van der Waals surface area contributed by atoms with Gasteiger partial charge in [0.25, 0.3) is 0 Å². The summed E-state index contributed by atoms with van der Waals surface area (Å²) >= 11 is 0. The number of halogens is 2. The maximum Gasteiger partial charge on any atom is 0.248 e. The van der Waals surface area contributed by atoms with Crippen LogP contribution in [0.15, 0.2) is 0 Å². The van der Waals surface area contributed by atoms with Crippen LogP contribution in [0.3, 0.4) is 0 Å². The Labute approximate surface area is 84.5 Å². The molecule has 0 aliphatic heterocycles. The van der Waals surface area contributed by atoms with Gasteiger partial charge in [-0.05, 0) is 24.7 Å². The molecule has 0 spiro atoms. The average molecular weight is 206 g/mol. The number of alkyl halides is 2. The molecular weight excluding hydrogens is 186 g/mol. The highest BCUT2D eigenvalue weighted by molar-refractivity contribution is 4.97. The summed E-state index contributed by atoms with van der Waals surface area (Å²) in [7, 11) is 0. The van der Waals surface area contributed by atoms with Crippen molar-refractivity contribution in [1.29, 1.82) is 0 Å². The van der Waals surface area contributed by atoms with E-state index in [9.17, 15) is 13.9 Å². The lowest BCUT2D eigenvalue weighted by atomic mass is 9.63. The molecule has 0 saturated heterocycles. The van der Waals surface area contributed by atoms with Crippen LogP contribution >= 0.6 is 0 Å². The van der Waals surface area contributed by atoms with Gasteiger partial charge in [0.1, 0.15) is 0 Å². The van der Waals surface area contributed by atoms with E-state index in [1.807, 2.05) is 20.8 Å². The lowest BCUT2D eigenvalue weighted by molar-refractivity contribution is -0.158. The van der Waals surface area contributed by atoms with Crippen molar-refractivity contribution >= 4 is 0 Å². The highest BCUT2D eigenvalue weighted by Gasteiger charge is 2.50. The van der Waals surface area contributed by atoms with E-state index >= 15 is 0 Å². The summed E-state index contributed by atoms with van der Waals surface area (Å²) in [6.45, 7) is 7.41. The molecule has 1 aliphatic carbocycles. The molecule has 1 aliphatic rings. The van der Waals surface area contributed by atoms with Crippen LogP contribution in [0.5, 0.6) is 0 Å². The zero-order valence-electron chi connectivity index (χ0n) is 9.40. The maximum atomic E-state index is 13.2. The van der Waals surface area contributed by atoms with E-state index in [1.54, 1.807) is 6.92 Å². The first-order valence-electron chi connectivity index (χ1n) is 5.15. The molecule has 0 heterocycles. The monoisotopic (exact) mass is 206 g/mol. The van der Waals surface area contributed by atoms with E-state index in [0.29, 0.717) is 0 Å². The van der Waals surface area contributed by atoms with Gasteiger partial charge in [-0.25, -0.2) is 8.78 Å². The molecule has 0 bridgehead atoms. The molecule has 0 aromatic heterocycles. The molecule has 2 atom stereocenters. The Morgan fingerprint density at radius 1 is 1.21 bits per heavy atom. The van der Waals surface area contributed by atoms with Gasteiger partial charge in [0.15, 0.2) is 0 Å². The van der Waals surface area contributed by atoms with Gasteiger partial charge in [0.2, 0.25) is 5.92 Å². The summed E-state index contributed by atoms with van der Waals surface area (Å²) in [5.41, 5.74) is -1.22. The Balaban J connectivity index is 2.88. The molecule has 1 rings (SSSR count).